The average Bonchev–Trinajstić information content (AvgIpc) is 3.20. The van der Waals surface area contributed by atoms with Crippen LogP contribution in [-0.2, 0) is 5.54 Å². The maximum absolute atomic E-state index is 13.5. The van der Waals surface area contributed by atoms with E-state index in [-0.39, 0.29) is 22.1 Å². The molecule has 1 saturated heterocycles. The van der Waals surface area contributed by atoms with Crippen molar-refractivity contribution in [3.05, 3.63) is 105 Å². The minimum absolute atomic E-state index is 0.0271. The fourth-order valence-electron chi connectivity index (χ4n) is 4.95. The van der Waals surface area contributed by atoms with Crippen LogP contribution in [0.25, 0.3) is 27.5 Å². The Labute approximate surface area is 210 Å². The summed E-state index contributed by atoms with van der Waals surface area (Å²) in [6, 6.07) is 19.9. The Kier molecular flexibility index (Phi) is 5.17. The molecule has 0 bridgehead atoms. The maximum atomic E-state index is 13.5. The second-order valence-corrected chi connectivity index (χ2v) is 9.61. The van der Waals surface area contributed by atoms with Gasteiger partial charge in [-0.3, -0.25) is 9.59 Å². The Morgan fingerprint density at radius 3 is 2.53 bits per heavy atom. The highest BCUT2D eigenvalue weighted by molar-refractivity contribution is 6.36. The predicted octanol–water partition coefficient (Wildman–Crippen LogP) is 4.21. The number of H-pyrrole nitrogens is 1. The van der Waals surface area contributed by atoms with Crippen LogP contribution < -0.4 is 10.9 Å². The lowest BCUT2D eigenvalue weighted by molar-refractivity contribution is 0.0508. The van der Waals surface area contributed by atoms with Crippen molar-refractivity contribution in [3.63, 3.8) is 0 Å². The van der Waals surface area contributed by atoms with Gasteiger partial charge in [0.1, 0.15) is 10.8 Å². The van der Waals surface area contributed by atoms with Crippen LogP contribution in [0.4, 0.5) is 4.39 Å². The van der Waals surface area contributed by atoms with Gasteiger partial charge < -0.3 is 15.2 Å². The molecular formula is C27H21ClFN5O2. The van der Waals surface area contributed by atoms with E-state index in [1.807, 2.05) is 54.4 Å². The lowest BCUT2D eigenvalue weighted by Crippen LogP contribution is -2.66. The number of hydrogen-bond acceptors (Lipinski definition) is 4. The molecule has 5 aromatic rings. The third-order valence-electron chi connectivity index (χ3n) is 6.67. The molecule has 0 atom stereocenters. The molecule has 1 aliphatic heterocycles. The molecule has 0 aliphatic carbocycles. The minimum Gasteiger partial charge on any atom is -0.338 e. The summed E-state index contributed by atoms with van der Waals surface area (Å²) in [4.78, 5) is 31.2. The Bertz CT molecular complexity index is 1700. The summed E-state index contributed by atoms with van der Waals surface area (Å²) in [5.41, 5.74) is 1.02. The van der Waals surface area contributed by atoms with E-state index in [1.54, 1.807) is 18.3 Å². The Hall–Kier alpha value is -4.01. The Morgan fingerprint density at radius 2 is 1.81 bits per heavy atom. The van der Waals surface area contributed by atoms with Crippen molar-refractivity contribution < 1.29 is 9.18 Å². The number of halogens is 2. The van der Waals surface area contributed by atoms with Crippen molar-refractivity contribution in [3.8, 4) is 11.3 Å². The number of likely N-dealkylation sites (N-methyl/N-ethyl adjacent to an activating group) is 1. The molecule has 6 rings (SSSR count). The lowest BCUT2D eigenvalue weighted by atomic mass is 9.82. The van der Waals surface area contributed by atoms with Crippen molar-refractivity contribution in [2.75, 3.05) is 20.1 Å². The topological polar surface area (TPSA) is 82.5 Å². The van der Waals surface area contributed by atoms with Crippen LogP contribution in [0.5, 0.6) is 0 Å². The summed E-state index contributed by atoms with van der Waals surface area (Å²) in [7, 11) is 1.93. The van der Waals surface area contributed by atoms with Crippen molar-refractivity contribution in [1.82, 2.24) is 24.8 Å². The largest absolute Gasteiger partial charge is 0.338 e. The maximum Gasteiger partial charge on any atom is 0.276 e. The molecule has 0 radical (unpaired) electrons. The molecule has 0 spiro atoms. The van der Waals surface area contributed by atoms with Crippen LogP contribution in [0.1, 0.15) is 16.1 Å². The van der Waals surface area contributed by atoms with Gasteiger partial charge in [-0.25, -0.2) is 8.91 Å². The SMILES string of the molecule is CN1CC(NC(=O)c2nn3cc(-c4ccc5ccccc5c4)[nH]c(=O)c3c2Cl)(c2ccc(F)cc2)C1. The highest BCUT2D eigenvalue weighted by Crippen LogP contribution is 2.32. The number of likely N-dealkylation sites (tertiary alicyclic amines) is 1. The van der Waals surface area contributed by atoms with Crippen LogP contribution in [0.15, 0.2) is 77.7 Å². The quantitative estimate of drug-likeness (QED) is 0.386. The van der Waals surface area contributed by atoms with Gasteiger partial charge in [0.05, 0.1) is 17.4 Å². The standard InChI is InChI=1S/C27H21ClFN5O2/c1-33-14-27(15-33,19-8-10-20(29)11-9-19)31-25(35)23-22(28)24-26(36)30-21(13-34(24)32-23)18-7-6-16-4-2-3-5-17(16)12-18/h2-13H,14-15H2,1H3,(H,30,36)(H,31,35). The highest BCUT2D eigenvalue weighted by Gasteiger charge is 2.44. The molecule has 2 aromatic heterocycles. The fourth-order valence-corrected chi connectivity index (χ4v) is 5.25. The van der Waals surface area contributed by atoms with E-state index < -0.39 is 17.0 Å². The Balaban J connectivity index is 1.37. The molecule has 3 heterocycles. The van der Waals surface area contributed by atoms with Gasteiger partial charge in [0.2, 0.25) is 0 Å². The second-order valence-electron chi connectivity index (χ2n) is 9.23. The second kappa shape index (κ2) is 8.29. The van der Waals surface area contributed by atoms with Crippen LogP contribution in [0, 0.1) is 5.82 Å². The lowest BCUT2D eigenvalue weighted by Gasteiger charge is -2.49. The van der Waals surface area contributed by atoms with Crippen LogP contribution in [-0.4, -0.2) is 45.5 Å². The first-order valence-electron chi connectivity index (χ1n) is 11.4. The first-order valence-corrected chi connectivity index (χ1v) is 11.8. The number of benzene rings is 3. The van der Waals surface area contributed by atoms with Gasteiger partial charge in [-0.2, -0.15) is 5.10 Å². The molecule has 9 heteroatoms. The number of fused-ring (bicyclic) bond motifs is 2. The summed E-state index contributed by atoms with van der Waals surface area (Å²) in [5, 5.41) is 9.49. The third-order valence-corrected chi connectivity index (χ3v) is 7.03. The monoisotopic (exact) mass is 501 g/mol. The number of nitrogens with zero attached hydrogens (tertiary/aromatic N) is 3. The van der Waals surface area contributed by atoms with Crippen LogP contribution >= 0.6 is 11.6 Å². The normalized spacial score (nSPS) is 15.2. The summed E-state index contributed by atoms with van der Waals surface area (Å²) >= 11 is 6.50. The summed E-state index contributed by atoms with van der Waals surface area (Å²) in [6.45, 7) is 1.09. The van der Waals surface area contributed by atoms with Gasteiger partial charge in [0, 0.05) is 18.7 Å². The number of aromatic amines is 1. The first kappa shape index (κ1) is 22.5. The molecule has 7 nitrogen and oxygen atoms in total. The number of hydrogen-bond donors (Lipinski definition) is 2. The fraction of sp³-hybridized carbons (Fsp3) is 0.148. The third kappa shape index (κ3) is 3.66. The van der Waals surface area contributed by atoms with Crippen molar-refractivity contribution in [2.24, 2.45) is 0 Å². The zero-order valence-electron chi connectivity index (χ0n) is 19.3. The molecule has 0 unspecified atom stereocenters. The van der Waals surface area contributed by atoms with Gasteiger partial charge in [0.15, 0.2) is 11.2 Å². The van der Waals surface area contributed by atoms with E-state index in [1.165, 1.54) is 16.6 Å². The molecule has 36 heavy (non-hydrogen) atoms. The molecule has 1 aliphatic rings. The molecule has 0 saturated carbocycles. The minimum atomic E-state index is -0.707. The Morgan fingerprint density at radius 1 is 1.08 bits per heavy atom. The number of carbonyl (C=O) groups is 1. The van der Waals surface area contributed by atoms with Crippen molar-refractivity contribution in [1.29, 1.82) is 0 Å². The first-order chi connectivity index (χ1) is 17.3. The smallest absolute Gasteiger partial charge is 0.276 e. The summed E-state index contributed by atoms with van der Waals surface area (Å²) < 4.78 is 14.8. The van der Waals surface area contributed by atoms with E-state index in [4.69, 9.17) is 11.6 Å². The molecule has 2 N–H and O–H groups in total. The molecule has 3 aromatic carbocycles. The van der Waals surface area contributed by atoms with Crippen LogP contribution in [0.2, 0.25) is 5.02 Å². The predicted molar refractivity (Wildman–Crippen MR) is 137 cm³/mol. The average molecular weight is 502 g/mol. The number of amides is 1. The van der Waals surface area contributed by atoms with Crippen LogP contribution in [0.3, 0.4) is 0 Å². The number of nitrogens with one attached hydrogen (secondary N) is 2. The van der Waals surface area contributed by atoms with Crippen molar-refractivity contribution in [2.45, 2.75) is 5.54 Å². The number of aromatic nitrogens is 3. The number of carbonyl (C=O) groups excluding carboxylic acids is 1. The molecule has 1 fully saturated rings. The van der Waals surface area contributed by atoms with Gasteiger partial charge in [-0.15, -0.1) is 0 Å². The van der Waals surface area contributed by atoms with E-state index in [2.05, 4.69) is 15.4 Å². The highest BCUT2D eigenvalue weighted by atomic mass is 35.5. The summed E-state index contributed by atoms with van der Waals surface area (Å²) in [6.07, 6.45) is 1.65. The van der Waals surface area contributed by atoms with E-state index in [9.17, 15) is 14.0 Å². The molecule has 1 amide bonds. The number of rotatable bonds is 4. The zero-order chi connectivity index (χ0) is 25.0. The summed E-state index contributed by atoms with van der Waals surface area (Å²) in [5.74, 6) is -0.856. The van der Waals surface area contributed by atoms with E-state index in [0.29, 0.717) is 18.8 Å². The van der Waals surface area contributed by atoms with Gasteiger partial charge in [-0.05, 0) is 41.6 Å². The van der Waals surface area contributed by atoms with E-state index in [0.717, 1.165) is 21.9 Å². The van der Waals surface area contributed by atoms with Crippen molar-refractivity contribution >= 4 is 33.8 Å². The van der Waals surface area contributed by atoms with Gasteiger partial charge >= 0.3 is 0 Å². The molecular weight excluding hydrogens is 481 g/mol. The van der Waals surface area contributed by atoms with Gasteiger partial charge in [0.25, 0.3) is 11.5 Å². The molecule has 180 valence electrons. The zero-order valence-corrected chi connectivity index (χ0v) is 20.0. The van der Waals surface area contributed by atoms with E-state index >= 15 is 0 Å². The van der Waals surface area contributed by atoms with Gasteiger partial charge in [-0.1, -0.05) is 60.1 Å².